The molecule has 0 saturated carbocycles. The predicted octanol–water partition coefficient (Wildman–Crippen LogP) is 0.372. The van der Waals surface area contributed by atoms with E-state index >= 15 is 0 Å². The Hall–Kier alpha value is -1.08. The third-order valence-electron chi connectivity index (χ3n) is 1.49. The fourth-order valence-electron chi connectivity index (χ4n) is 0.495. The molecule has 0 aromatic heterocycles. The molecule has 11 heavy (non-hydrogen) atoms. The van der Waals surface area contributed by atoms with Crippen LogP contribution in [-0.4, -0.2) is 22.3 Å². The number of hydrogen-bond donors (Lipinski definition) is 2. The summed E-state index contributed by atoms with van der Waals surface area (Å²) in [6.45, 7) is 3.00. The lowest BCUT2D eigenvalue weighted by Gasteiger charge is -2.20. The molecule has 0 aromatic carbocycles. The van der Waals surface area contributed by atoms with Gasteiger partial charge in [-0.2, -0.15) is 5.26 Å². The Labute approximate surface area is 65.1 Å². The summed E-state index contributed by atoms with van der Waals surface area (Å²) in [5.41, 5.74) is -0.988. The van der Waals surface area contributed by atoms with Crippen LogP contribution in [-0.2, 0) is 4.79 Å². The van der Waals surface area contributed by atoms with Crippen molar-refractivity contribution < 1.29 is 15.0 Å². The summed E-state index contributed by atoms with van der Waals surface area (Å²) in [6, 6.07) is 1.83. The molecule has 0 aliphatic heterocycles. The van der Waals surface area contributed by atoms with Gasteiger partial charge in [0.05, 0.1) is 24.0 Å². The van der Waals surface area contributed by atoms with Crippen molar-refractivity contribution in [3.8, 4) is 6.07 Å². The Morgan fingerprint density at radius 2 is 2.18 bits per heavy atom. The van der Waals surface area contributed by atoms with Crippen molar-refractivity contribution in [1.82, 2.24) is 0 Å². The average Bonchev–Trinajstić information content (AvgIpc) is 1.86. The van der Waals surface area contributed by atoms with Gasteiger partial charge in [-0.15, -0.1) is 0 Å². The molecule has 0 aliphatic rings. The van der Waals surface area contributed by atoms with Gasteiger partial charge in [-0.05, 0) is 13.8 Å². The predicted molar refractivity (Wildman–Crippen MR) is 37.7 cm³/mol. The molecule has 4 nitrogen and oxygen atoms in total. The molecule has 1 atom stereocenters. The van der Waals surface area contributed by atoms with Gasteiger partial charge >= 0.3 is 5.97 Å². The molecule has 0 fully saturated rings. The van der Waals surface area contributed by atoms with Crippen LogP contribution in [0.1, 0.15) is 20.3 Å². The second kappa shape index (κ2) is 3.35. The lowest BCUT2D eigenvalue weighted by Crippen LogP contribution is -2.29. The van der Waals surface area contributed by atoms with Crippen LogP contribution in [0.2, 0.25) is 0 Å². The van der Waals surface area contributed by atoms with Gasteiger partial charge in [0.25, 0.3) is 0 Å². The van der Waals surface area contributed by atoms with Crippen molar-refractivity contribution in [1.29, 1.82) is 5.26 Å². The maximum absolute atomic E-state index is 10.1. The van der Waals surface area contributed by atoms with Gasteiger partial charge in [-0.25, -0.2) is 0 Å². The highest BCUT2D eigenvalue weighted by atomic mass is 16.4. The summed E-state index contributed by atoms with van der Waals surface area (Å²) in [4.78, 5) is 10.1. The quantitative estimate of drug-likeness (QED) is 0.620. The van der Waals surface area contributed by atoms with Gasteiger partial charge in [0.15, 0.2) is 0 Å². The first kappa shape index (κ1) is 9.92. The summed E-state index contributed by atoms with van der Waals surface area (Å²) in [5, 5.41) is 25.9. The molecule has 0 bridgehead atoms. The normalized spacial score (nSPS) is 13.6. The number of hydrogen-bond acceptors (Lipinski definition) is 3. The van der Waals surface area contributed by atoms with E-state index < -0.39 is 17.5 Å². The van der Waals surface area contributed by atoms with Gasteiger partial charge in [-0.1, -0.05) is 0 Å². The van der Waals surface area contributed by atoms with Crippen LogP contribution >= 0.6 is 0 Å². The van der Waals surface area contributed by atoms with Crippen molar-refractivity contribution >= 4 is 5.97 Å². The zero-order valence-corrected chi connectivity index (χ0v) is 6.53. The zero-order chi connectivity index (χ0) is 9.07. The van der Waals surface area contributed by atoms with Gasteiger partial charge in [-0.3, -0.25) is 4.79 Å². The fraction of sp³-hybridized carbons (Fsp3) is 0.714. The van der Waals surface area contributed by atoms with Gasteiger partial charge in [0.1, 0.15) is 0 Å². The van der Waals surface area contributed by atoms with Crippen LogP contribution in [0, 0.1) is 16.7 Å². The standard InChI is InChI=1S/C7H11NO3/c1-7(2,4-8)5(9)3-6(10)11/h5,9H,3H2,1-2H3,(H,10,11)/t5-/m1/s1. The van der Waals surface area contributed by atoms with E-state index in [1.807, 2.05) is 6.07 Å². The van der Waals surface area contributed by atoms with E-state index in [0.717, 1.165) is 0 Å². The molecular formula is C7H11NO3. The lowest BCUT2D eigenvalue weighted by molar-refractivity contribution is -0.140. The Morgan fingerprint density at radius 1 is 1.73 bits per heavy atom. The maximum Gasteiger partial charge on any atom is 0.306 e. The lowest BCUT2D eigenvalue weighted by atomic mass is 9.87. The van der Waals surface area contributed by atoms with E-state index in [9.17, 15) is 4.79 Å². The van der Waals surface area contributed by atoms with Crippen LogP contribution < -0.4 is 0 Å². The van der Waals surface area contributed by atoms with E-state index in [2.05, 4.69) is 0 Å². The van der Waals surface area contributed by atoms with Crippen LogP contribution in [0.5, 0.6) is 0 Å². The molecular weight excluding hydrogens is 146 g/mol. The zero-order valence-electron chi connectivity index (χ0n) is 6.53. The molecule has 62 valence electrons. The molecule has 0 aromatic rings. The molecule has 0 heterocycles. The number of aliphatic carboxylic acids is 1. The van der Waals surface area contributed by atoms with Crippen LogP contribution in [0.4, 0.5) is 0 Å². The SMILES string of the molecule is CC(C)(C#N)[C@H](O)CC(=O)O. The van der Waals surface area contributed by atoms with Gasteiger partial charge in [0.2, 0.25) is 0 Å². The van der Waals surface area contributed by atoms with Crippen molar-refractivity contribution in [3.05, 3.63) is 0 Å². The molecule has 0 aliphatic carbocycles. The largest absolute Gasteiger partial charge is 0.481 e. The number of nitriles is 1. The highest BCUT2D eigenvalue weighted by Crippen LogP contribution is 2.21. The van der Waals surface area contributed by atoms with E-state index in [-0.39, 0.29) is 6.42 Å². The van der Waals surface area contributed by atoms with Crippen molar-refractivity contribution in [2.24, 2.45) is 5.41 Å². The molecule has 0 rings (SSSR count). The second-order valence-electron chi connectivity index (χ2n) is 2.95. The monoisotopic (exact) mass is 157 g/mol. The van der Waals surface area contributed by atoms with Crippen LogP contribution in [0.15, 0.2) is 0 Å². The van der Waals surface area contributed by atoms with E-state index in [1.165, 1.54) is 13.8 Å². The van der Waals surface area contributed by atoms with E-state index in [1.54, 1.807) is 0 Å². The topological polar surface area (TPSA) is 81.3 Å². The highest BCUT2D eigenvalue weighted by Gasteiger charge is 2.29. The third-order valence-corrected chi connectivity index (χ3v) is 1.49. The van der Waals surface area contributed by atoms with Crippen molar-refractivity contribution in [2.75, 3.05) is 0 Å². The smallest absolute Gasteiger partial charge is 0.306 e. The summed E-state index contributed by atoms with van der Waals surface area (Å²) in [6.07, 6.45) is -1.49. The molecule has 0 spiro atoms. The molecule has 2 N–H and O–H groups in total. The average molecular weight is 157 g/mol. The van der Waals surface area contributed by atoms with Crippen LogP contribution in [0.3, 0.4) is 0 Å². The summed E-state index contributed by atoms with van der Waals surface area (Å²) >= 11 is 0. The van der Waals surface area contributed by atoms with Crippen LogP contribution in [0.25, 0.3) is 0 Å². The molecule has 0 radical (unpaired) electrons. The highest BCUT2D eigenvalue weighted by molar-refractivity contribution is 5.67. The second-order valence-corrected chi connectivity index (χ2v) is 2.95. The third kappa shape index (κ3) is 3.01. The first-order valence-corrected chi connectivity index (χ1v) is 3.21. The summed E-state index contributed by atoms with van der Waals surface area (Å²) in [5.74, 6) is -1.10. The summed E-state index contributed by atoms with van der Waals surface area (Å²) < 4.78 is 0. The number of nitrogens with zero attached hydrogens (tertiary/aromatic N) is 1. The number of rotatable bonds is 3. The number of aliphatic hydroxyl groups excluding tert-OH is 1. The maximum atomic E-state index is 10.1. The Bertz CT molecular complexity index is 192. The number of carboxylic acid groups (broad SMARTS) is 1. The molecule has 0 amide bonds. The molecule has 0 unspecified atom stereocenters. The number of carboxylic acids is 1. The van der Waals surface area contributed by atoms with E-state index in [0.29, 0.717) is 0 Å². The summed E-state index contributed by atoms with van der Waals surface area (Å²) in [7, 11) is 0. The first-order chi connectivity index (χ1) is 4.90. The Morgan fingerprint density at radius 3 is 2.45 bits per heavy atom. The Balaban J connectivity index is 4.15. The number of aliphatic hydroxyl groups is 1. The molecule has 4 heteroatoms. The Kier molecular flexibility index (Phi) is 3.02. The fourth-order valence-corrected chi connectivity index (χ4v) is 0.495. The van der Waals surface area contributed by atoms with Crippen molar-refractivity contribution in [3.63, 3.8) is 0 Å². The van der Waals surface area contributed by atoms with E-state index in [4.69, 9.17) is 15.5 Å². The minimum Gasteiger partial charge on any atom is -0.481 e. The van der Waals surface area contributed by atoms with Gasteiger partial charge < -0.3 is 10.2 Å². The van der Waals surface area contributed by atoms with Gasteiger partial charge in [0, 0.05) is 0 Å². The minimum absolute atomic E-state index is 0.388. The molecule has 0 saturated heterocycles. The first-order valence-electron chi connectivity index (χ1n) is 3.21. The minimum atomic E-state index is -1.11. The number of carbonyl (C=O) groups is 1. The van der Waals surface area contributed by atoms with Crippen molar-refractivity contribution in [2.45, 2.75) is 26.4 Å².